The molecule has 3 rings (SSSR count). The summed E-state index contributed by atoms with van der Waals surface area (Å²) in [5.41, 5.74) is 0.594. The summed E-state index contributed by atoms with van der Waals surface area (Å²) < 4.78 is 24.6. The third kappa shape index (κ3) is 7.39. The number of β-amino-alcohol motifs (C(OH)–C–C–N with tert-alkyl or cyclic N) is 1. The van der Waals surface area contributed by atoms with E-state index in [4.69, 9.17) is 9.15 Å². The molecule has 1 amide bonds. The van der Waals surface area contributed by atoms with Crippen LogP contribution >= 0.6 is 0 Å². The molecule has 9 heteroatoms. The lowest BCUT2D eigenvalue weighted by atomic mass is 10.2. The normalized spacial score (nSPS) is 16.5. The summed E-state index contributed by atoms with van der Waals surface area (Å²) in [6.07, 6.45) is 0.942. The predicted octanol–water partition coefficient (Wildman–Crippen LogP) is 1.65. The minimum Gasteiger partial charge on any atom is -0.447 e. The van der Waals surface area contributed by atoms with Gasteiger partial charge in [-0.15, -0.1) is 0 Å². The van der Waals surface area contributed by atoms with E-state index in [1.807, 2.05) is 13.8 Å². The number of carbonyl (C=O) groups excluding carboxylic acids is 1. The number of aromatic nitrogens is 1. The first-order valence-corrected chi connectivity index (χ1v) is 10.6. The minimum absolute atomic E-state index is 0.0870. The van der Waals surface area contributed by atoms with E-state index < -0.39 is 12.0 Å². The van der Waals surface area contributed by atoms with E-state index in [0.717, 1.165) is 26.2 Å². The number of nitrogens with zero attached hydrogens (tertiary/aromatic N) is 3. The molecule has 1 saturated heterocycles. The van der Waals surface area contributed by atoms with Crippen molar-refractivity contribution in [2.24, 2.45) is 0 Å². The number of ether oxygens (including phenoxy) is 1. The maximum absolute atomic E-state index is 13.7. The quantitative estimate of drug-likeness (QED) is 0.588. The van der Waals surface area contributed by atoms with Crippen LogP contribution in [-0.4, -0.2) is 77.3 Å². The van der Waals surface area contributed by atoms with Crippen LogP contribution in [0.2, 0.25) is 0 Å². The number of halogens is 1. The van der Waals surface area contributed by atoms with Crippen molar-refractivity contribution in [1.82, 2.24) is 20.1 Å². The highest BCUT2D eigenvalue weighted by molar-refractivity contribution is 5.91. The molecule has 0 radical (unpaired) electrons. The third-order valence-corrected chi connectivity index (χ3v) is 5.10. The Hall–Kier alpha value is -2.33. The second-order valence-electron chi connectivity index (χ2n) is 8.01. The van der Waals surface area contributed by atoms with E-state index in [9.17, 15) is 14.3 Å². The zero-order chi connectivity index (χ0) is 22.2. The summed E-state index contributed by atoms with van der Waals surface area (Å²) in [6, 6.07) is 6.31. The van der Waals surface area contributed by atoms with Gasteiger partial charge >= 0.3 is 0 Å². The molecule has 2 heterocycles. The topological polar surface area (TPSA) is 91.1 Å². The van der Waals surface area contributed by atoms with Crippen LogP contribution in [0.1, 0.15) is 35.8 Å². The number of aliphatic hydroxyl groups is 1. The molecule has 1 fully saturated rings. The molecule has 0 spiro atoms. The summed E-state index contributed by atoms with van der Waals surface area (Å²) in [7, 11) is 0. The molecule has 170 valence electrons. The molecule has 1 atom stereocenters. The Morgan fingerprint density at radius 1 is 1.26 bits per heavy atom. The van der Waals surface area contributed by atoms with Gasteiger partial charge in [-0.3, -0.25) is 14.6 Å². The number of benzene rings is 1. The van der Waals surface area contributed by atoms with Crippen LogP contribution in [0.4, 0.5) is 4.39 Å². The average Bonchev–Trinajstić information content (AvgIpc) is 3.21. The van der Waals surface area contributed by atoms with E-state index in [2.05, 4.69) is 20.1 Å². The van der Waals surface area contributed by atoms with Crippen LogP contribution in [0.15, 0.2) is 34.9 Å². The largest absolute Gasteiger partial charge is 0.447 e. The first-order chi connectivity index (χ1) is 14.9. The second-order valence-corrected chi connectivity index (χ2v) is 8.01. The lowest BCUT2D eigenvalue weighted by Crippen LogP contribution is -2.48. The van der Waals surface area contributed by atoms with Crippen molar-refractivity contribution in [2.75, 3.05) is 39.3 Å². The fourth-order valence-corrected chi connectivity index (χ4v) is 3.37. The van der Waals surface area contributed by atoms with E-state index in [1.54, 1.807) is 18.2 Å². The molecule has 1 aliphatic rings. The number of nitrogens with one attached hydrogen (secondary N) is 1. The number of aliphatic hydroxyl groups excluding tert-OH is 1. The highest BCUT2D eigenvalue weighted by atomic mass is 19.1. The van der Waals surface area contributed by atoms with Gasteiger partial charge in [0.2, 0.25) is 5.89 Å². The Balaban J connectivity index is 1.40. The molecule has 0 bridgehead atoms. The van der Waals surface area contributed by atoms with Gasteiger partial charge in [-0.2, -0.15) is 0 Å². The SMILES string of the molecule is CC(C)OC[C@@H](O)CN1CCN(Cc2nc(C(=O)NCc3ccccc3F)co2)CC1. The zero-order valence-corrected chi connectivity index (χ0v) is 18.1. The lowest BCUT2D eigenvalue weighted by molar-refractivity contribution is -0.0151. The summed E-state index contributed by atoms with van der Waals surface area (Å²) in [5.74, 6) is -0.293. The van der Waals surface area contributed by atoms with Crippen LogP contribution in [0.25, 0.3) is 0 Å². The van der Waals surface area contributed by atoms with Crippen LogP contribution < -0.4 is 5.32 Å². The number of hydrogen-bond donors (Lipinski definition) is 2. The standard InChI is InChI=1S/C22H31FN4O4/c1-16(2)30-14-18(28)12-26-7-9-27(10-8-26)13-21-25-20(15-31-21)22(29)24-11-17-5-3-4-6-19(17)23/h3-6,15-16,18,28H,7-14H2,1-2H3,(H,24,29)/t18-/m0/s1. The maximum Gasteiger partial charge on any atom is 0.273 e. The van der Waals surface area contributed by atoms with Gasteiger partial charge in [0.05, 0.1) is 25.4 Å². The van der Waals surface area contributed by atoms with Crippen LogP contribution in [-0.2, 0) is 17.8 Å². The highest BCUT2D eigenvalue weighted by Gasteiger charge is 2.21. The van der Waals surface area contributed by atoms with E-state index in [1.165, 1.54) is 12.3 Å². The van der Waals surface area contributed by atoms with Crippen LogP contribution in [0.5, 0.6) is 0 Å². The van der Waals surface area contributed by atoms with Crippen molar-refractivity contribution in [3.63, 3.8) is 0 Å². The van der Waals surface area contributed by atoms with Crippen molar-refractivity contribution in [1.29, 1.82) is 0 Å². The van der Waals surface area contributed by atoms with Crippen LogP contribution in [0, 0.1) is 5.82 Å². The van der Waals surface area contributed by atoms with Crippen molar-refractivity contribution >= 4 is 5.91 Å². The van der Waals surface area contributed by atoms with Crippen molar-refractivity contribution in [3.8, 4) is 0 Å². The molecular weight excluding hydrogens is 403 g/mol. The Morgan fingerprint density at radius 2 is 1.97 bits per heavy atom. The lowest BCUT2D eigenvalue weighted by Gasteiger charge is -2.35. The molecule has 0 unspecified atom stereocenters. The van der Waals surface area contributed by atoms with Crippen molar-refractivity contribution in [3.05, 3.63) is 53.5 Å². The highest BCUT2D eigenvalue weighted by Crippen LogP contribution is 2.11. The first-order valence-electron chi connectivity index (χ1n) is 10.6. The van der Waals surface area contributed by atoms with Gasteiger partial charge < -0.3 is 19.6 Å². The molecular formula is C22H31FN4O4. The number of oxazole rings is 1. The van der Waals surface area contributed by atoms with Crippen LogP contribution in [0.3, 0.4) is 0 Å². The summed E-state index contributed by atoms with van der Waals surface area (Å²) >= 11 is 0. The molecule has 0 aliphatic carbocycles. The van der Waals surface area contributed by atoms with E-state index >= 15 is 0 Å². The van der Waals surface area contributed by atoms with Gasteiger partial charge in [-0.1, -0.05) is 18.2 Å². The minimum atomic E-state index is -0.494. The van der Waals surface area contributed by atoms with E-state index in [0.29, 0.717) is 31.2 Å². The van der Waals surface area contributed by atoms with E-state index in [-0.39, 0.29) is 24.2 Å². The van der Waals surface area contributed by atoms with Gasteiger partial charge in [0.1, 0.15) is 12.1 Å². The van der Waals surface area contributed by atoms with Crippen molar-refractivity contribution in [2.45, 2.75) is 39.1 Å². The maximum atomic E-state index is 13.7. The Morgan fingerprint density at radius 3 is 2.68 bits per heavy atom. The smallest absolute Gasteiger partial charge is 0.273 e. The van der Waals surface area contributed by atoms with Crippen molar-refractivity contribution < 1.29 is 23.4 Å². The molecule has 1 aliphatic heterocycles. The number of amides is 1. The van der Waals surface area contributed by atoms with Gasteiger partial charge in [-0.25, -0.2) is 9.37 Å². The van der Waals surface area contributed by atoms with Gasteiger partial charge in [-0.05, 0) is 19.9 Å². The Kier molecular flexibility index (Phi) is 8.53. The molecule has 8 nitrogen and oxygen atoms in total. The van der Waals surface area contributed by atoms with Gasteiger partial charge in [0, 0.05) is 44.8 Å². The molecule has 1 aromatic heterocycles. The molecule has 2 N–H and O–H groups in total. The Bertz CT molecular complexity index is 836. The molecule has 2 aromatic rings. The predicted molar refractivity (Wildman–Crippen MR) is 113 cm³/mol. The number of hydrogen-bond acceptors (Lipinski definition) is 7. The fourth-order valence-electron chi connectivity index (χ4n) is 3.37. The zero-order valence-electron chi connectivity index (χ0n) is 18.1. The fraction of sp³-hybridized carbons (Fsp3) is 0.545. The first kappa shape index (κ1) is 23.3. The molecule has 31 heavy (non-hydrogen) atoms. The summed E-state index contributed by atoms with van der Waals surface area (Å²) in [4.78, 5) is 20.9. The number of piperazine rings is 1. The Labute approximate surface area is 182 Å². The average molecular weight is 435 g/mol. The number of carbonyl (C=O) groups is 1. The number of rotatable bonds is 10. The summed E-state index contributed by atoms with van der Waals surface area (Å²) in [5, 5.41) is 12.7. The molecule has 0 saturated carbocycles. The second kappa shape index (κ2) is 11.3. The summed E-state index contributed by atoms with van der Waals surface area (Å²) in [6.45, 7) is 8.71. The third-order valence-electron chi connectivity index (χ3n) is 5.10. The van der Waals surface area contributed by atoms with Gasteiger partial charge in [0.25, 0.3) is 5.91 Å². The van der Waals surface area contributed by atoms with Gasteiger partial charge in [0.15, 0.2) is 5.69 Å². The molecule has 1 aromatic carbocycles. The monoisotopic (exact) mass is 434 g/mol.